The molecule has 2 atom stereocenters. The van der Waals surface area contributed by atoms with Crippen molar-refractivity contribution in [3.05, 3.63) is 63.6 Å². The zero-order chi connectivity index (χ0) is 15.4. The van der Waals surface area contributed by atoms with Crippen molar-refractivity contribution in [3.8, 4) is 5.75 Å². The number of hydrogen-bond donors (Lipinski definition) is 1. The van der Waals surface area contributed by atoms with Crippen molar-refractivity contribution in [1.82, 2.24) is 0 Å². The quantitative estimate of drug-likeness (QED) is 0.818. The highest BCUT2D eigenvalue weighted by atomic mass is 79.9. The van der Waals surface area contributed by atoms with Crippen molar-refractivity contribution in [1.29, 1.82) is 0 Å². The van der Waals surface area contributed by atoms with Gasteiger partial charge in [0.1, 0.15) is 11.9 Å². The van der Waals surface area contributed by atoms with Gasteiger partial charge in [-0.05, 0) is 35.6 Å². The van der Waals surface area contributed by atoms with Crippen LogP contribution in [-0.4, -0.2) is 12.2 Å². The van der Waals surface area contributed by atoms with Crippen LogP contribution in [0, 0.1) is 0 Å². The predicted octanol–water partition coefficient (Wildman–Crippen LogP) is 5.05. The molecule has 0 saturated carbocycles. The van der Waals surface area contributed by atoms with E-state index < -0.39 is 6.10 Å². The second-order valence-corrected chi connectivity index (χ2v) is 6.18. The van der Waals surface area contributed by atoms with E-state index >= 15 is 0 Å². The van der Waals surface area contributed by atoms with E-state index in [1.807, 2.05) is 30.3 Å². The summed E-state index contributed by atoms with van der Waals surface area (Å²) < 4.78 is 6.29. The molecule has 0 heterocycles. The molecule has 2 nitrogen and oxygen atoms in total. The van der Waals surface area contributed by atoms with Crippen LogP contribution in [0.2, 0.25) is 0 Å². The van der Waals surface area contributed by atoms with Gasteiger partial charge in [-0.15, -0.1) is 0 Å². The summed E-state index contributed by atoms with van der Waals surface area (Å²) in [5, 5.41) is 10.6. The molecule has 2 aromatic carbocycles. The number of ether oxygens (including phenoxy) is 1. The first-order valence-electron chi connectivity index (χ1n) is 7.18. The molecule has 3 heteroatoms. The lowest BCUT2D eigenvalue weighted by atomic mass is 9.94. The van der Waals surface area contributed by atoms with Crippen LogP contribution in [0.3, 0.4) is 0 Å². The Labute approximate surface area is 134 Å². The Morgan fingerprint density at radius 2 is 1.71 bits per heavy atom. The molecule has 0 aliphatic carbocycles. The average molecular weight is 349 g/mol. The lowest BCUT2D eigenvalue weighted by Crippen LogP contribution is -2.03. The van der Waals surface area contributed by atoms with Crippen LogP contribution in [0.1, 0.15) is 49.0 Å². The normalized spacial score (nSPS) is 13.8. The van der Waals surface area contributed by atoms with E-state index in [1.165, 1.54) is 5.56 Å². The van der Waals surface area contributed by atoms with E-state index in [9.17, 15) is 5.11 Å². The molecule has 1 N–H and O–H groups in total. The van der Waals surface area contributed by atoms with Crippen molar-refractivity contribution >= 4 is 15.9 Å². The lowest BCUT2D eigenvalue weighted by Gasteiger charge is -2.17. The minimum atomic E-state index is -0.681. The first-order chi connectivity index (χ1) is 10.1. The monoisotopic (exact) mass is 348 g/mol. The molecule has 2 aromatic rings. The number of rotatable bonds is 5. The molecule has 0 fully saturated rings. The molecule has 0 aromatic heterocycles. The number of aliphatic hydroxyl groups is 1. The van der Waals surface area contributed by atoms with Crippen molar-refractivity contribution in [2.75, 3.05) is 7.11 Å². The van der Waals surface area contributed by atoms with Crippen molar-refractivity contribution in [2.24, 2.45) is 0 Å². The van der Waals surface area contributed by atoms with Gasteiger partial charge in [0.25, 0.3) is 0 Å². The van der Waals surface area contributed by atoms with Gasteiger partial charge in [-0.25, -0.2) is 0 Å². The standard InChI is InChI=1S/C18H21BrO2/c1-4-12(2)13-5-7-14(8-6-13)18(20)16-10-9-15(19)11-17(16)21-3/h5-12,18,20H,4H2,1-3H3. The first-order valence-corrected chi connectivity index (χ1v) is 7.97. The van der Waals surface area contributed by atoms with Gasteiger partial charge in [0.15, 0.2) is 0 Å². The molecule has 0 amide bonds. The van der Waals surface area contributed by atoms with Gasteiger partial charge in [-0.3, -0.25) is 0 Å². The van der Waals surface area contributed by atoms with Gasteiger partial charge in [-0.2, -0.15) is 0 Å². The lowest BCUT2D eigenvalue weighted by molar-refractivity contribution is 0.214. The fourth-order valence-electron chi connectivity index (χ4n) is 2.33. The Balaban J connectivity index is 2.29. The fraction of sp³-hybridized carbons (Fsp3) is 0.333. The maximum absolute atomic E-state index is 10.6. The largest absolute Gasteiger partial charge is 0.496 e. The Morgan fingerprint density at radius 3 is 2.29 bits per heavy atom. The minimum absolute atomic E-state index is 0.540. The fourth-order valence-corrected chi connectivity index (χ4v) is 2.67. The molecule has 0 spiro atoms. The first kappa shape index (κ1) is 16.1. The molecule has 112 valence electrons. The second-order valence-electron chi connectivity index (χ2n) is 5.26. The maximum atomic E-state index is 10.6. The van der Waals surface area contributed by atoms with Gasteiger partial charge in [0.2, 0.25) is 0 Å². The van der Waals surface area contributed by atoms with E-state index in [1.54, 1.807) is 7.11 Å². The number of halogens is 1. The van der Waals surface area contributed by atoms with Crippen LogP contribution in [0.15, 0.2) is 46.9 Å². The number of benzene rings is 2. The van der Waals surface area contributed by atoms with E-state index in [0.29, 0.717) is 11.7 Å². The SMILES string of the molecule is CCC(C)c1ccc(C(O)c2ccc(Br)cc2OC)cc1. The van der Waals surface area contributed by atoms with Gasteiger partial charge in [-0.1, -0.05) is 60.1 Å². The number of hydrogen-bond acceptors (Lipinski definition) is 2. The summed E-state index contributed by atoms with van der Waals surface area (Å²) in [5.74, 6) is 1.22. The Hall–Kier alpha value is -1.32. The number of methoxy groups -OCH3 is 1. The molecule has 0 aliphatic heterocycles. The van der Waals surface area contributed by atoms with Gasteiger partial charge >= 0.3 is 0 Å². The third kappa shape index (κ3) is 3.66. The van der Waals surface area contributed by atoms with Gasteiger partial charge in [0.05, 0.1) is 7.11 Å². The second kappa shape index (κ2) is 7.10. The Bertz CT molecular complexity index is 593. The van der Waals surface area contributed by atoms with Crippen molar-refractivity contribution in [3.63, 3.8) is 0 Å². The molecule has 0 radical (unpaired) electrons. The van der Waals surface area contributed by atoms with Crippen LogP contribution in [0.5, 0.6) is 5.75 Å². The van der Waals surface area contributed by atoms with Crippen molar-refractivity contribution < 1.29 is 9.84 Å². The topological polar surface area (TPSA) is 29.5 Å². The highest BCUT2D eigenvalue weighted by molar-refractivity contribution is 9.10. The maximum Gasteiger partial charge on any atom is 0.126 e. The summed E-state index contributed by atoms with van der Waals surface area (Å²) in [6, 6.07) is 13.8. The third-order valence-electron chi connectivity index (χ3n) is 3.92. The zero-order valence-electron chi connectivity index (χ0n) is 12.6. The molecular formula is C18H21BrO2. The van der Waals surface area contributed by atoms with E-state index in [-0.39, 0.29) is 0 Å². The smallest absolute Gasteiger partial charge is 0.126 e. The molecule has 0 bridgehead atoms. The molecule has 0 saturated heterocycles. The summed E-state index contributed by atoms with van der Waals surface area (Å²) in [6.45, 7) is 4.39. The van der Waals surface area contributed by atoms with Crippen LogP contribution >= 0.6 is 15.9 Å². The predicted molar refractivity (Wildman–Crippen MR) is 89.9 cm³/mol. The van der Waals surface area contributed by atoms with E-state index in [0.717, 1.165) is 22.0 Å². The van der Waals surface area contributed by atoms with Crippen molar-refractivity contribution in [2.45, 2.75) is 32.3 Å². The molecular weight excluding hydrogens is 328 g/mol. The van der Waals surface area contributed by atoms with Crippen LogP contribution in [0.25, 0.3) is 0 Å². The average Bonchev–Trinajstić information content (AvgIpc) is 2.53. The summed E-state index contributed by atoms with van der Waals surface area (Å²) in [6.07, 6.45) is 0.432. The Kier molecular flexibility index (Phi) is 5.43. The molecule has 2 rings (SSSR count). The van der Waals surface area contributed by atoms with Crippen LogP contribution in [-0.2, 0) is 0 Å². The molecule has 21 heavy (non-hydrogen) atoms. The molecule has 2 unspecified atom stereocenters. The van der Waals surface area contributed by atoms with Crippen LogP contribution < -0.4 is 4.74 Å². The highest BCUT2D eigenvalue weighted by Crippen LogP contribution is 2.32. The van der Waals surface area contributed by atoms with Gasteiger partial charge in [0, 0.05) is 10.0 Å². The highest BCUT2D eigenvalue weighted by Gasteiger charge is 2.16. The van der Waals surface area contributed by atoms with Crippen LogP contribution in [0.4, 0.5) is 0 Å². The number of aliphatic hydroxyl groups excluding tert-OH is 1. The summed E-state index contributed by atoms with van der Waals surface area (Å²) in [5.41, 5.74) is 2.95. The van der Waals surface area contributed by atoms with E-state index in [4.69, 9.17) is 4.74 Å². The Morgan fingerprint density at radius 1 is 1.10 bits per heavy atom. The zero-order valence-corrected chi connectivity index (χ0v) is 14.2. The van der Waals surface area contributed by atoms with E-state index in [2.05, 4.69) is 41.9 Å². The summed E-state index contributed by atoms with van der Waals surface area (Å²) in [4.78, 5) is 0. The molecule has 0 aliphatic rings. The van der Waals surface area contributed by atoms with Gasteiger partial charge < -0.3 is 9.84 Å². The summed E-state index contributed by atoms with van der Waals surface area (Å²) in [7, 11) is 1.62. The summed E-state index contributed by atoms with van der Waals surface area (Å²) >= 11 is 3.41. The minimum Gasteiger partial charge on any atom is -0.496 e. The third-order valence-corrected chi connectivity index (χ3v) is 4.42.